The number of likely N-dealkylation sites (tertiary alicyclic amines) is 1. The number of phenolic OH excluding ortho intramolecular Hbond substituents is 1. The van der Waals surface area contributed by atoms with Gasteiger partial charge in [0.25, 0.3) is 5.91 Å². The van der Waals surface area contributed by atoms with Gasteiger partial charge in [-0.15, -0.1) is 0 Å². The summed E-state index contributed by atoms with van der Waals surface area (Å²) in [5.41, 5.74) is 7.80. The SMILES string of the molecule is NC(=O)c1cc(O)ccc1NCCN1CCC(c2ccccc2)CC1. The summed E-state index contributed by atoms with van der Waals surface area (Å²) in [4.78, 5) is 13.9. The second-order valence-corrected chi connectivity index (χ2v) is 6.55. The standard InChI is InChI=1S/C20H25N3O2/c21-20(25)18-14-17(24)6-7-19(18)22-10-13-23-11-8-16(9-12-23)15-4-2-1-3-5-15/h1-7,14,16,22,24H,8-13H2,(H2,21,25). The molecule has 2 aromatic rings. The molecule has 1 aliphatic rings. The molecule has 2 aromatic carbocycles. The number of rotatable bonds is 6. The number of piperidine rings is 1. The van der Waals surface area contributed by atoms with Crippen molar-refractivity contribution in [2.45, 2.75) is 18.8 Å². The zero-order valence-corrected chi connectivity index (χ0v) is 14.3. The van der Waals surface area contributed by atoms with Crippen LogP contribution in [-0.2, 0) is 0 Å². The number of nitrogens with two attached hydrogens (primary N) is 1. The van der Waals surface area contributed by atoms with E-state index < -0.39 is 5.91 Å². The van der Waals surface area contributed by atoms with Crippen LogP contribution in [0.4, 0.5) is 5.69 Å². The minimum absolute atomic E-state index is 0.0438. The molecule has 1 aliphatic heterocycles. The number of carbonyl (C=O) groups excluding carboxylic acids is 1. The van der Waals surface area contributed by atoms with E-state index in [-0.39, 0.29) is 5.75 Å². The number of carbonyl (C=O) groups is 1. The van der Waals surface area contributed by atoms with Crippen molar-refractivity contribution in [3.8, 4) is 5.75 Å². The number of amides is 1. The highest BCUT2D eigenvalue weighted by Crippen LogP contribution is 2.27. The molecule has 1 heterocycles. The molecular formula is C20H25N3O2. The van der Waals surface area contributed by atoms with Crippen molar-refractivity contribution in [3.63, 3.8) is 0 Å². The van der Waals surface area contributed by atoms with Gasteiger partial charge in [0.1, 0.15) is 5.75 Å². The molecule has 0 aromatic heterocycles. The molecule has 25 heavy (non-hydrogen) atoms. The Morgan fingerprint density at radius 3 is 2.56 bits per heavy atom. The summed E-state index contributed by atoms with van der Waals surface area (Å²) in [6, 6.07) is 15.4. The lowest BCUT2D eigenvalue weighted by Gasteiger charge is -2.32. The molecule has 1 saturated heterocycles. The van der Waals surface area contributed by atoms with Crippen LogP contribution in [0.15, 0.2) is 48.5 Å². The number of nitrogens with zero attached hydrogens (tertiary/aromatic N) is 1. The van der Waals surface area contributed by atoms with Crippen LogP contribution in [-0.4, -0.2) is 42.1 Å². The van der Waals surface area contributed by atoms with Crippen molar-refractivity contribution in [1.82, 2.24) is 4.90 Å². The van der Waals surface area contributed by atoms with E-state index in [2.05, 4.69) is 40.5 Å². The number of anilines is 1. The minimum Gasteiger partial charge on any atom is -0.508 e. The fraction of sp³-hybridized carbons (Fsp3) is 0.350. The maximum absolute atomic E-state index is 11.5. The highest BCUT2D eigenvalue weighted by Gasteiger charge is 2.20. The Bertz CT molecular complexity index is 710. The lowest BCUT2D eigenvalue weighted by atomic mass is 9.89. The van der Waals surface area contributed by atoms with Crippen LogP contribution in [0.5, 0.6) is 5.75 Å². The Morgan fingerprint density at radius 2 is 1.88 bits per heavy atom. The first-order valence-corrected chi connectivity index (χ1v) is 8.77. The van der Waals surface area contributed by atoms with Gasteiger partial charge in [0.2, 0.25) is 0 Å². The smallest absolute Gasteiger partial charge is 0.250 e. The van der Waals surface area contributed by atoms with Gasteiger partial charge >= 0.3 is 0 Å². The molecule has 0 radical (unpaired) electrons. The van der Waals surface area contributed by atoms with E-state index in [1.54, 1.807) is 12.1 Å². The molecule has 0 saturated carbocycles. The fourth-order valence-corrected chi connectivity index (χ4v) is 3.45. The maximum atomic E-state index is 11.5. The normalized spacial score (nSPS) is 15.8. The Hall–Kier alpha value is -2.53. The summed E-state index contributed by atoms with van der Waals surface area (Å²) in [7, 11) is 0. The van der Waals surface area contributed by atoms with Gasteiger partial charge in [-0.1, -0.05) is 30.3 Å². The first kappa shape index (κ1) is 17.3. The van der Waals surface area contributed by atoms with Crippen LogP contribution < -0.4 is 11.1 Å². The minimum atomic E-state index is -0.540. The summed E-state index contributed by atoms with van der Waals surface area (Å²) in [5.74, 6) is 0.161. The van der Waals surface area contributed by atoms with Crippen molar-refractivity contribution in [1.29, 1.82) is 0 Å². The summed E-state index contributed by atoms with van der Waals surface area (Å²) < 4.78 is 0. The van der Waals surface area contributed by atoms with Gasteiger partial charge in [-0.3, -0.25) is 4.79 Å². The molecule has 5 nitrogen and oxygen atoms in total. The molecule has 0 atom stereocenters. The van der Waals surface area contributed by atoms with Crippen LogP contribution >= 0.6 is 0 Å². The van der Waals surface area contributed by atoms with E-state index >= 15 is 0 Å². The summed E-state index contributed by atoms with van der Waals surface area (Å²) in [5, 5.41) is 12.7. The Balaban J connectivity index is 1.47. The predicted molar refractivity (Wildman–Crippen MR) is 100.0 cm³/mol. The van der Waals surface area contributed by atoms with Crippen molar-refractivity contribution in [2.75, 3.05) is 31.5 Å². The first-order valence-electron chi connectivity index (χ1n) is 8.77. The topological polar surface area (TPSA) is 78.6 Å². The van der Waals surface area contributed by atoms with Crippen molar-refractivity contribution < 1.29 is 9.90 Å². The number of primary amides is 1. The average Bonchev–Trinajstić information content (AvgIpc) is 2.64. The van der Waals surface area contributed by atoms with E-state index in [0.717, 1.165) is 26.2 Å². The average molecular weight is 339 g/mol. The highest BCUT2D eigenvalue weighted by atomic mass is 16.3. The second kappa shape index (κ2) is 8.03. The number of hydrogen-bond donors (Lipinski definition) is 3. The van der Waals surface area contributed by atoms with Gasteiger partial charge in [0, 0.05) is 18.8 Å². The van der Waals surface area contributed by atoms with E-state index in [1.807, 2.05) is 0 Å². The molecular weight excluding hydrogens is 314 g/mol. The van der Waals surface area contributed by atoms with Crippen LogP contribution in [0.2, 0.25) is 0 Å². The number of benzene rings is 2. The van der Waals surface area contributed by atoms with Crippen molar-refractivity contribution in [2.24, 2.45) is 5.73 Å². The van der Waals surface area contributed by atoms with Crippen LogP contribution in [0.25, 0.3) is 0 Å². The molecule has 5 heteroatoms. The number of aromatic hydroxyl groups is 1. The van der Waals surface area contributed by atoms with E-state index in [0.29, 0.717) is 17.2 Å². The lowest BCUT2D eigenvalue weighted by molar-refractivity contribution is 0.100. The summed E-state index contributed by atoms with van der Waals surface area (Å²) in [6.07, 6.45) is 2.35. The maximum Gasteiger partial charge on any atom is 0.250 e. The second-order valence-electron chi connectivity index (χ2n) is 6.55. The van der Waals surface area contributed by atoms with Crippen LogP contribution in [0, 0.1) is 0 Å². The Labute approximate surface area is 148 Å². The monoisotopic (exact) mass is 339 g/mol. The largest absolute Gasteiger partial charge is 0.508 e. The Morgan fingerprint density at radius 1 is 1.16 bits per heavy atom. The molecule has 3 rings (SSSR count). The molecule has 1 amide bonds. The molecule has 1 fully saturated rings. The molecule has 0 unspecified atom stereocenters. The zero-order valence-electron chi connectivity index (χ0n) is 14.3. The van der Waals surface area contributed by atoms with E-state index in [9.17, 15) is 9.90 Å². The molecule has 0 aliphatic carbocycles. The van der Waals surface area contributed by atoms with Crippen molar-refractivity contribution >= 4 is 11.6 Å². The number of phenols is 1. The van der Waals surface area contributed by atoms with E-state index in [1.165, 1.54) is 24.5 Å². The number of nitrogens with one attached hydrogen (secondary N) is 1. The van der Waals surface area contributed by atoms with Crippen LogP contribution in [0.1, 0.15) is 34.7 Å². The number of hydrogen-bond acceptors (Lipinski definition) is 4. The molecule has 0 spiro atoms. The van der Waals surface area contributed by atoms with Gasteiger partial charge in [0.05, 0.1) is 5.56 Å². The quantitative estimate of drug-likeness (QED) is 0.707. The summed E-state index contributed by atoms with van der Waals surface area (Å²) in [6.45, 7) is 3.82. The Kier molecular flexibility index (Phi) is 5.56. The van der Waals surface area contributed by atoms with Crippen molar-refractivity contribution in [3.05, 3.63) is 59.7 Å². The third-order valence-corrected chi connectivity index (χ3v) is 4.87. The summed E-state index contributed by atoms with van der Waals surface area (Å²) >= 11 is 0. The van der Waals surface area contributed by atoms with E-state index in [4.69, 9.17) is 5.73 Å². The lowest BCUT2D eigenvalue weighted by Crippen LogP contribution is -2.36. The van der Waals surface area contributed by atoms with Gasteiger partial charge in [-0.2, -0.15) is 0 Å². The van der Waals surface area contributed by atoms with Gasteiger partial charge in [-0.25, -0.2) is 0 Å². The molecule has 4 N–H and O–H groups in total. The van der Waals surface area contributed by atoms with Crippen LogP contribution in [0.3, 0.4) is 0 Å². The highest BCUT2D eigenvalue weighted by molar-refractivity contribution is 5.98. The third kappa shape index (κ3) is 4.51. The predicted octanol–water partition coefficient (Wildman–Crippen LogP) is 2.78. The third-order valence-electron chi connectivity index (χ3n) is 4.87. The molecule has 132 valence electrons. The molecule has 0 bridgehead atoms. The zero-order chi connectivity index (χ0) is 17.6. The first-order chi connectivity index (χ1) is 12.1. The van der Waals surface area contributed by atoms with Gasteiger partial charge < -0.3 is 21.1 Å². The van der Waals surface area contributed by atoms with Gasteiger partial charge in [0.15, 0.2) is 0 Å². The van der Waals surface area contributed by atoms with Gasteiger partial charge in [-0.05, 0) is 55.6 Å². The fourth-order valence-electron chi connectivity index (χ4n) is 3.45.